The summed E-state index contributed by atoms with van der Waals surface area (Å²) >= 11 is 0. The minimum absolute atomic E-state index is 0.460. The van der Waals surface area contributed by atoms with Crippen LogP contribution in [0.3, 0.4) is 0 Å². The predicted octanol–water partition coefficient (Wildman–Crippen LogP) is 1.02. The van der Waals surface area contributed by atoms with Crippen molar-refractivity contribution in [1.82, 2.24) is 4.98 Å². The number of alkyl halides is 5. The molecule has 0 amide bonds. The van der Waals surface area contributed by atoms with E-state index in [1.165, 1.54) is 0 Å². The average molecular weight is 321 g/mol. The van der Waals surface area contributed by atoms with Crippen molar-refractivity contribution in [3.05, 3.63) is 17.3 Å². The van der Waals surface area contributed by atoms with Crippen LogP contribution < -0.4 is 15.6 Å². The Morgan fingerprint density at radius 3 is 2.25 bits per heavy atom. The topological polar surface area (TPSA) is 108 Å². The van der Waals surface area contributed by atoms with E-state index < -0.39 is 51.4 Å². The van der Waals surface area contributed by atoms with Gasteiger partial charge in [-0.1, -0.05) is 0 Å². The maximum absolute atomic E-state index is 12.6. The monoisotopic (exact) mass is 321 g/mol. The highest BCUT2D eigenvalue weighted by molar-refractivity contribution is 7.89. The van der Waals surface area contributed by atoms with E-state index in [4.69, 9.17) is 5.73 Å². The van der Waals surface area contributed by atoms with Gasteiger partial charge in [0.05, 0.1) is 0 Å². The van der Waals surface area contributed by atoms with Crippen LogP contribution in [0, 0.1) is 0 Å². The van der Waals surface area contributed by atoms with Crippen LogP contribution in [0.5, 0.6) is 5.88 Å². The minimum atomic E-state index is -5.32. The van der Waals surface area contributed by atoms with E-state index >= 15 is 0 Å². The molecular weight excluding hydrogens is 313 g/mol. The first-order valence-corrected chi connectivity index (χ1v) is 6.31. The summed E-state index contributed by atoms with van der Waals surface area (Å²) < 4.78 is 87.2. The van der Waals surface area contributed by atoms with Gasteiger partial charge in [0.25, 0.3) is 6.43 Å². The molecule has 0 spiro atoms. The first-order valence-electron chi connectivity index (χ1n) is 4.76. The number of sulfonamides is 1. The fourth-order valence-electron chi connectivity index (χ4n) is 1.27. The summed E-state index contributed by atoms with van der Waals surface area (Å²) in [7, 11) is -4.67. The van der Waals surface area contributed by atoms with Crippen LogP contribution in [-0.2, 0) is 16.6 Å². The van der Waals surface area contributed by atoms with E-state index in [9.17, 15) is 30.4 Å². The Hall–Kier alpha value is -1.53. The van der Waals surface area contributed by atoms with E-state index in [-0.39, 0.29) is 0 Å². The van der Waals surface area contributed by atoms with Gasteiger partial charge in [-0.25, -0.2) is 27.3 Å². The van der Waals surface area contributed by atoms with Gasteiger partial charge in [-0.05, 0) is 11.6 Å². The highest BCUT2D eigenvalue weighted by Gasteiger charge is 2.35. The quantitative estimate of drug-likeness (QED) is 0.805. The molecule has 1 heterocycles. The number of rotatable bonds is 4. The molecule has 0 bridgehead atoms. The molecule has 0 aliphatic rings. The van der Waals surface area contributed by atoms with Gasteiger partial charge < -0.3 is 10.5 Å². The molecule has 114 valence electrons. The Bertz CT molecular complexity index is 602. The third kappa shape index (κ3) is 3.98. The van der Waals surface area contributed by atoms with Crippen molar-refractivity contribution in [2.24, 2.45) is 10.9 Å². The third-order valence-corrected chi connectivity index (χ3v) is 2.92. The molecule has 4 N–H and O–H groups in total. The van der Waals surface area contributed by atoms with Crippen LogP contribution in [0.4, 0.5) is 22.0 Å². The number of nitrogens with two attached hydrogens (primary N) is 2. The van der Waals surface area contributed by atoms with Gasteiger partial charge >= 0.3 is 6.36 Å². The summed E-state index contributed by atoms with van der Waals surface area (Å²) in [6.45, 7) is -0.568. The van der Waals surface area contributed by atoms with Crippen molar-refractivity contribution in [3.8, 4) is 5.88 Å². The normalized spacial score (nSPS) is 12.8. The van der Waals surface area contributed by atoms with Crippen LogP contribution in [0.25, 0.3) is 0 Å². The first kappa shape index (κ1) is 16.5. The predicted molar refractivity (Wildman–Crippen MR) is 55.1 cm³/mol. The van der Waals surface area contributed by atoms with Gasteiger partial charge in [0, 0.05) is 6.54 Å². The van der Waals surface area contributed by atoms with Crippen molar-refractivity contribution >= 4 is 10.0 Å². The molecule has 0 radical (unpaired) electrons. The smallest absolute Gasteiger partial charge is 0.386 e. The third-order valence-electron chi connectivity index (χ3n) is 2.01. The molecule has 0 aromatic carbocycles. The molecule has 0 fully saturated rings. The van der Waals surface area contributed by atoms with E-state index in [2.05, 4.69) is 14.9 Å². The Morgan fingerprint density at radius 1 is 1.35 bits per heavy atom. The number of hydrogen-bond donors (Lipinski definition) is 2. The molecule has 0 unspecified atom stereocenters. The molecule has 0 aliphatic carbocycles. The Morgan fingerprint density at radius 2 is 1.90 bits per heavy atom. The summed E-state index contributed by atoms with van der Waals surface area (Å²) in [4.78, 5) is 1.68. The number of hydrogen-bond acceptors (Lipinski definition) is 5. The van der Waals surface area contributed by atoms with Gasteiger partial charge in [-0.3, -0.25) is 0 Å². The molecule has 1 rings (SSSR count). The lowest BCUT2D eigenvalue weighted by Crippen LogP contribution is -2.23. The largest absolute Gasteiger partial charge is 0.574 e. The van der Waals surface area contributed by atoms with Gasteiger partial charge in [0.2, 0.25) is 15.9 Å². The van der Waals surface area contributed by atoms with Crippen molar-refractivity contribution in [2.75, 3.05) is 0 Å². The fraction of sp³-hybridized carbons (Fsp3) is 0.375. The van der Waals surface area contributed by atoms with E-state index in [0.29, 0.717) is 6.07 Å². The lowest BCUT2D eigenvalue weighted by atomic mass is 10.2. The summed E-state index contributed by atoms with van der Waals surface area (Å²) in [5.74, 6) is -1.58. The summed E-state index contributed by atoms with van der Waals surface area (Å²) in [5.41, 5.74) is 3.53. The molecule has 0 saturated carbocycles. The Kier molecular flexibility index (Phi) is 4.51. The van der Waals surface area contributed by atoms with Crippen LogP contribution >= 0.6 is 0 Å². The molecule has 12 heteroatoms. The highest BCUT2D eigenvalue weighted by Crippen LogP contribution is 2.32. The summed E-state index contributed by atoms with van der Waals surface area (Å²) in [6.07, 6.45) is -8.59. The SMILES string of the molecule is NCc1cc(S(N)(=O)=O)c(OC(F)(F)F)nc1C(F)F. The standard InChI is InChI=1S/C8H8F5N3O3S/c9-6(10)5-3(2-14)1-4(20(15,17)18)7(16-5)19-8(11,12)13/h1,6H,2,14H2,(H2,15,17,18). The van der Waals surface area contributed by atoms with Crippen LogP contribution in [0.2, 0.25) is 0 Å². The number of primary sulfonamides is 1. The Labute approximate surface area is 109 Å². The second-order valence-electron chi connectivity index (χ2n) is 3.43. The van der Waals surface area contributed by atoms with Crippen LogP contribution in [0.1, 0.15) is 17.7 Å². The lowest BCUT2D eigenvalue weighted by molar-refractivity contribution is -0.277. The molecule has 0 saturated heterocycles. The molecule has 6 nitrogen and oxygen atoms in total. The molecular formula is C8H8F5N3O3S. The second kappa shape index (κ2) is 5.46. The summed E-state index contributed by atoms with van der Waals surface area (Å²) in [5, 5.41) is 4.68. The highest BCUT2D eigenvalue weighted by atomic mass is 32.2. The molecule has 1 aromatic rings. The van der Waals surface area contributed by atoms with E-state index in [1.807, 2.05) is 0 Å². The number of halogens is 5. The molecule has 20 heavy (non-hydrogen) atoms. The fourth-order valence-corrected chi connectivity index (χ4v) is 1.91. The zero-order valence-corrected chi connectivity index (χ0v) is 10.3. The molecule has 0 atom stereocenters. The average Bonchev–Trinajstić information content (AvgIpc) is 2.24. The second-order valence-corrected chi connectivity index (χ2v) is 4.96. The van der Waals surface area contributed by atoms with E-state index in [1.54, 1.807) is 0 Å². The first-order chi connectivity index (χ1) is 8.95. The maximum Gasteiger partial charge on any atom is 0.574 e. The summed E-state index contributed by atoms with van der Waals surface area (Å²) in [6, 6.07) is 0.477. The van der Waals surface area contributed by atoms with Gasteiger partial charge in [0.1, 0.15) is 10.6 Å². The molecule has 1 aromatic heterocycles. The maximum atomic E-state index is 12.6. The van der Waals surface area contributed by atoms with Gasteiger partial charge in [-0.15, -0.1) is 13.2 Å². The molecule has 0 aliphatic heterocycles. The number of ether oxygens (including phenoxy) is 1. The lowest BCUT2D eigenvalue weighted by Gasteiger charge is -2.14. The Balaban J connectivity index is 3.57. The minimum Gasteiger partial charge on any atom is -0.386 e. The van der Waals surface area contributed by atoms with Crippen molar-refractivity contribution in [1.29, 1.82) is 0 Å². The van der Waals surface area contributed by atoms with Gasteiger partial charge in [-0.2, -0.15) is 0 Å². The number of pyridine rings is 1. The van der Waals surface area contributed by atoms with Crippen LogP contribution in [-0.4, -0.2) is 19.8 Å². The number of nitrogens with zero attached hydrogens (tertiary/aromatic N) is 1. The zero-order valence-electron chi connectivity index (χ0n) is 9.49. The number of aromatic nitrogens is 1. The van der Waals surface area contributed by atoms with Crippen molar-refractivity contribution in [3.63, 3.8) is 0 Å². The van der Waals surface area contributed by atoms with Gasteiger partial charge in [0.15, 0.2) is 0 Å². The van der Waals surface area contributed by atoms with Crippen LogP contribution in [0.15, 0.2) is 11.0 Å². The van der Waals surface area contributed by atoms with E-state index in [0.717, 1.165) is 0 Å². The van der Waals surface area contributed by atoms with Crippen molar-refractivity contribution < 1.29 is 35.1 Å². The zero-order chi connectivity index (χ0) is 15.7. The van der Waals surface area contributed by atoms with Crippen molar-refractivity contribution in [2.45, 2.75) is 24.2 Å².